The molecule has 0 bridgehead atoms. The lowest BCUT2D eigenvalue weighted by Gasteiger charge is -2.44. The van der Waals surface area contributed by atoms with Crippen LogP contribution >= 0.6 is 0 Å². The van der Waals surface area contributed by atoms with Crippen LogP contribution in [0.25, 0.3) is 0 Å². The molecule has 54 heavy (non-hydrogen) atoms. The fourth-order valence-electron chi connectivity index (χ4n) is 5.56. The lowest BCUT2D eigenvalue weighted by molar-refractivity contribution is -0.786. The Morgan fingerprint density at radius 1 is 0.315 bits per heavy atom. The first-order valence-corrected chi connectivity index (χ1v) is 13.9. The molecule has 0 aliphatic heterocycles. The van der Waals surface area contributed by atoms with Gasteiger partial charge in [-0.1, -0.05) is 0 Å². The smallest absolute Gasteiger partial charge is 0.200 e. The molecule has 0 atom stereocenters. The van der Waals surface area contributed by atoms with Gasteiger partial charge in [0.05, 0.1) is 14.1 Å². The van der Waals surface area contributed by atoms with Crippen LogP contribution in [0.3, 0.4) is 0 Å². The third kappa shape index (κ3) is 6.06. The second kappa shape index (κ2) is 14.8. The summed E-state index contributed by atoms with van der Waals surface area (Å²) >= 11 is 0. The summed E-state index contributed by atoms with van der Waals surface area (Å²) in [5.74, 6) is -71.4. The van der Waals surface area contributed by atoms with Crippen LogP contribution in [0.15, 0.2) is 24.5 Å². The highest BCUT2D eigenvalue weighted by atomic mass is 19.2. The van der Waals surface area contributed by atoms with Crippen molar-refractivity contribution in [3.8, 4) is 0 Å². The fourth-order valence-corrected chi connectivity index (χ4v) is 5.56. The van der Waals surface area contributed by atoms with E-state index in [4.69, 9.17) is 0 Å². The zero-order valence-corrected chi connectivity index (χ0v) is 25.9. The van der Waals surface area contributed by atoms with Gasteiger partial charge in [-0.3, -0.25) is 4.98 Å². The summed E-state index contributed by atoms with van der Waals surface area (Å²) in [6.45, 7) is 0. The summed E-state index contributed by atoms with van der Waals surface area (Å²) in [6, 6.07) is 4.02. The maximum atomic E-state index is 15.4. The molecule has 0 spiro atoms. The van der Waals surface area contributed by atoms with Crippen molar-refractivity contribution in [2.24, 2.45) is 0 Å². The molecule has 288 valence electrons. The van der Waals surface area contributed by atoms with Crippen LogP contribution < -0.4 is 26.8 Å². The Morgan fingerprint density at radius 3 is 0.630 bits per heavy atom. The van der Waals surface area contributed by atoms with Crippen LogP contribution in [0.2, 0.25) is 0 Å². The highest BCUT2D eigenvalue weighted by molar-refractivity contribution is 7.20. The Bertz CT molecular complexity index is 1930. The minimum atomic E-state index is -7.22. The normalized spacial score (nSPS) is 11.7. The number of pyridine rings is 1. The Kier molecular flexibility index (Phi) is 11.4. The molecule has 0 aliphatic rings. The number of nitrogens with zero attached hydrogens (tertiary/aromatic N) is 1. The molecular formula is C31H11BF20N2. The zero-order chi connectivity index (χ0) is 41.0. The molecular weight excluding hydrogens is 791 g/mol. The molecule has 4 aromatic carbocycles. The first-order chi connectivity index (χ1) is 25.0. The van der Waals surface area contributed by atoms with Crippen molar-refractivity contribution in [2.45, 2.75) is 0 Å². The number of aromatic nitrogens is 1. The van der Waals surface area contributed by atoms with Crippen molar-refractivity contribution in [1.29, 1.82) is 0 Å². The molecule has 0 saturated heterocycles. The van der Waals surface area contributed by atoms with E-state index < -0.39 is 144 Å². The number of benzene rings is 4. The van der Waals surface area contributed by atoms with Gasteiger partial charge < -0.3 is 4.90 Å². The summed E-state index contributed by atoms with van der Waals surface area (Å²) < 4.78 is 294. The van der Waals surface area contributed by atoms with Crippen LogP contribution in [-0.4, -0.2) is 25.2 Å². The standard InChI is InChI=1S/C24BF20.C7H10N2/c26-5-1(6(27)14(35)21(42)13(5)34)25(2-7(28)15(36)22(43)16(37)8(2)29,3-9(30)17(38)23(44)18(39)10(3)31)4-11(32)19(40)24(45)20(41)12(4)33;1-9(2)7-3-5-8-6-4-7/h;3-6H,1-2H3/q-1;/p+1. The molecule has 2 nitrogen and oxygen atoms in total. The van der Waals surface area contributed by atoms with Crippen LogP contribution in [0.4, 0.5) is 93.5 Å². The number of hydrogen-bond acceptors (Lipinski definition) is 1. The fraction of sp³-hybridized carbons (Fsp3) is 0.0645. The summed E-state index contributed by atoms with van der Waals surface area (Å²) in [4.78, 5) is 5.25. The van der Waals surface area contributed by atoms with Gasteiger partial charge >= 0.3 is 0 Å². The van der Waals surface area contributed by atoms with Gasteiger partial charge in [-0.05, 0) is 0 Å². The largest absolute Gasteiger partial charge is 0.307 e. The van der Waals surface area contributed by atoms with E-state index in [1.807, 2.05) is 24.5 Å². The number of hydrogen-bond donors (Lipinski definition) is 1. The summed E-state index contributed by atoms with van der Waals surface area (Å²) in [5.41, 5.74) is -13.1. The van der Waals surface area contributed by atoms with Crippen molar-refractivity contribution in [3.05, 3.63) is 141 Å². The van der Waals surface area contributed by atoms with Gasteiger partial charge in [0, 0.05) is 24.5 Å². The van der Waals surface area contributed by atoms with Gasteiger partial charge in [-0.25, -0.2) is 87.8 Å². The third-order valence-corrected chi connectivity index (χ3v) is 7.96. The molecule has 1 aromatic heterocycles. The van der Waals surface area contributed by atoms with Crippen molar-refractivity contribution >= 4 is 33.7 Å². The van der Waals surface area contributed by atoms with Crippen molar-refractivity contribution in [1.82, 2.24) is 4.98 Å². The van der Waals surface area contributed by atoms with Gasteiger partial charge in [0.1, 0.15) is 58.4 Å². The number of halogens is 20. The molecule has 0 saturated carbocycles. The summed E-state index contributed by atoms with van der Waals surface area (Å²) in [5, 5.41) is 0. The maximum Gasteiger partial charge on any atom is 0.200 e. The summed E-state index contributed by atoms with van der Waals surface area (Å²) in [6.07, 6.45) is -3.60. The Hall–Kier alpha value is -5.35. The third-order valence-electron chi connectivity index (χ3n) is 7.96. The van der Waals surface area contributed by atoms with Crippen molar-refractivity contribution < 1.29 is 92.7 Å². The predicted molar refractivity (Wildman–Crippen MR) is 146 cm³/mol. The zero-order valence-electron chi connectivity index (χ0n) is 25.9. The van der Waals surface area contributed by atoms with E-state index in [0.29, 0.717) is 0 Å². The van der Waals surface area contributed by atoms with Gasteiger partial charge in [0.25, 0.3) is 0 Å². The Morgan fingerprint density at radius 2 is 0.481 bits per heavy atom. The first-order valence-electron chi connectivity index (χ1n) is 13.9. The number of rotatable bonds is 5. The van der Waals surface area contributed by atoms with E-state index in [1.54, 1.807) is 0 Å². The quantitative estimate of drug-likeness (QED) is 0.105. The molecule has 0 aliphatic carbocycles. The monoisotopic (exact) mass is 802 g/mol. The van der Waals surface area contributed by atoms with Crippen molar-refractivity contribution in [3.63, 3.8) is 0 Å². The summed E-state index contributed by atoms with van der Waals surface area (Å²) in [7, 11) is 4.19. The number of nitrogens with one attached hydrogen (secondary N) is 1. The molecule has 5 aromatic rings. The molecule has 0 radical (unpaired) electrons. The van der Waals surface area contributed by atoms with E-state index in [2.05, 4.69) is 19.1 Å². The van der Waals surface area contributed by atoms with Gasteiger partial charge in [0.2, 0.25) is 0 Å². The second-order valence-electron chi connectivity index (χ2n) is 11.0. The Labute approximate surface area is 286 Å². The van der Waals surface area contributed by atoms with E-state index in [9.17, 15) is 52.7 Å². The maximum absolute atomic E-state index is 15.4. The molecule has 1 N–H and O–H groups in total. The van der Waals surface area contributed by atoms with Gasteiger partial charge in [-0.2, -0.15) is 0 Å². The van der Waals surface area contributed by atoms with Crippen LogP contribution in [0, 0.1) is 116 Å². The van der Waals surface area contributed by atoms with E-state index in [0.717, 1.165) is 0 Å². The second-order valence-corrected chi connectivity index (χ2v) is 11.0. The predicted octanol–water partition coefficient (Wildman–Crippen LogP) is 5.70. The SMILES string of the molecule is C[NH+](C)c1ccncc1.Fc1c(F)c(F)c([B-](c2c(F)c(F)c(F)c(F)c2F)(c2c(F)c(F)c(F)c(F)c2F)c2c(F)c(F)c(F)c(F)c2F)c(F)c1F. The Balaban J connectivity index is 0.000000631. The van der Waals surface area contributed by atoms with Crippen LogP contribution in [0.5, 0.6) is 0 Å². The highest BCUT2D eigenvalue weighted by Crippen LogP contribution is 2.30. The van der Waals surface area contributed by atoms with Crippen LogP contribution in [-0.2, 0) is 0 Å². The average Bonchev–Trinajstić information content (AvgIpc) is 3.15. The van der Waals surface area contributed by atoms with Crippen LogP contribution in [0.1, 0.15) is 0 Å². The first kappa shape index (κ1) is 41.4. The van der Waals surface area contributed by atoms with Gasteiger partial charge in [-0.15, -0.1) is 21.9 Å². The van der Waals surface area contributed by atoms with E-state index in [-0.39, 0.29) is 0 Å². The number of quaternary nitrogens is 1. The minimum Gasteiger partial charge on any atom is -0.307 e. The molecule has 5 rings (SSSR count). The lowest BCUT2D eigenvalue weighted by Crippen LogP contribution is -3.00. The minimum absolute atomic E-state index is 1.27. The molecule has 0 fully saturated rings. The molecule has 0 unspecified atom stereocenters. The topological polar surface area (TPSA) is 17.3 Å². The van der Waals surface area contributed by atoms with Gasteiger partial charge in [0.15, 0.2) is 69.8 Å². The van der Waals surface area contributed by atoms with E-state index >= 15 is 35.1 Å². The molecule has 1 heterocycles. The lowest BCUT2D eigenvalue weighted by atomic mass is 9.12. The molecule has 0 amide bonds. The highest BCUT2D eigenvalue weighted by Gasteiger charge is 2.52. The van der Waals surface area contributed by atoms with Crippen molar-refractivity contribution in [2.75, 3.05) is 14.1 Å². The molecule has 23 heteroatoms. The van der Waals surface area contributed by atoms with E-state index in [1.165, 1.54) is 10.6 Å². The average molecular weight is 802 g/mol.